The molecule has 0 bridgehead atoms. The van der Waals surface area contributed by atoms with Crippen molar-refractivity contribution >= 4 is 0 Å². The van der Waals surface area contributed by atoms with Crippen molar-refractivity contribution in [3.05, 3.63) is 133 Å². The SMILES string of the molecule is C/C=C/C=C/N(Cc1ccccc1)C1=CCN(Cc2ccccc2)CCC1.C=CC=C.CC.CC. The summed E-state index contributed by atoms with van der Waals surface area (Å²) in [6, 6.07) is 21.5. The smallest absolute Gasteiger partial charge is 0.0472 e. The molecule has 0 amide bonds. The Morgan fingerprint density at radius 1 is 0.829 bits per heavy atom. The van der Waals surface area contributed by atoms with Crippen molar-refractivity contribution in [2.45, 2.75) is 60.5 Å². The normalized spacial score (nSPS) is 13.1. The van der Waals surface area contributed by atoms with Crippen molar-refractivity contribution in [3.8, 4) is 0 Å². The first-order valence-electron chi connectivity index (χ1n) is 13.1. The second-order valence-electron chi connectivity index (χ2n) is 7.47. The zero-order valence-corrected chi connectivity index (χ0v) is 22.9. The van der Waals surface area contributed by atoms with Crippen LogP contribution in [0.5, 0.6) is 0 Å². The van der Waals surface area contributed by atoms with Gasteiger partial charge in [0.1, 0.15) is 0 Å². The van der Waals surface area contributed by atoms with Crippen LogP contribution in [0.15, 0.2) is 122 Å². The van der Waals surface area contributed by atoms with Gasteiger partial charge in [-0.25, -0.2) is 0 Å². The minimum Gasteiger partial charge on any atom is -0.347 e. The Morgan fingerprint density at radius 2 is 1.40 bits per heavy atom. The zero-order chi connectivity index (χ0) is 26.2. The minimum absolute atomic E-state index is 0.916. The Bertz CT molecular complexity index is 841. The van der Waals surface area contributed by atoms with Crippen molar-refractivity contribution < 1.29 is 0 Å². The Kier molecular flexibility index (Phi) is 20.7. The van der Waals surface area contributed by atoms with Crippen LogP contribution in [-0.2, 0) is 13.1 Å². The summed E-state index contributed by atoms with van der Waals surface area (Å²) in [5, 5.41) is 0. The molecular formula is C33H48N2. The van der Waals surface area contributed by atoms with Gasteiger partial charge in [0.25, 0.3) is 0 Å². The lowest BCUT2D eigenvalue weighted by Crippen LogP contribution is -2.23. The van der Waals surface area contributed by atoms with Crippen LogP contribution in [0.1, 0.15) is 58.6 Å². The Morgan fingerprint density at radius 3 is 1.94 bits per heavy atom. The fourth-order valence-corrected chi connectivity index (χ4v) is 3.45. The first-order valence-corrected chi connectivity index (χ1v) is 13.1. The van der Waals surface area contributed by atoms with Crippen molar-refractivity contribution in [2.24, 2.45) is 0 Å². The fraction of sp³-hybridized carbons (Fsp3) is 0.333. The van der Waals surface area contributed by atoms with E-state index in [1.807, 2.05) is 27.7 Å². The molecule has 2 nitrogen and oxygen atoms in total. The molecule has 0 spiro atoms. The van der Waals surface area contributed by atoms with E-state index >= 15 is 0 Å². The van der Waals surface area contributed by atoms with Crippen LogP contribution in [0.3, 0.4) is 0 Å². The maximum atomic E-state index is 3.36. The van der Waals surface area contributed by atoms with Gasteiger partial charge in [-0.2, -0.15) is 0 Å². The summed E-state index contributed by atoms with van der Waals surface area (Å²) in [5.41, 5.74) is 4.16. The number of rotatable bonds is 8. The standard InChI is InChI=1S/C25H30N2.C4H6.2C2H6/c1-2-3-10-19-27(22-24-14-8-5-9-15-24)25-16-11-18-26(20-17-25)21-23-12-6-4-7-13-23;1-3-4-2;2*1-2/h2-10,12-15,17,19H,11,16,18,20-22H2,1H3;3-4H,1-2H2;2*1-2H3/b3-2+,19-10+;;;. The highest BCUT2D eigenvalue weighted by Crippen LogP contribution is 2.20. The number of hydrogen-bond acceptors (Lipinski definition) is 2. The van der Waals surface area contributed by atoms with E-state index in [0.29, 0.717) is 0 Å². The van der Waals surface area contributed by atoms with E-state index in [4.69, 9.17) is 0 Å². The molecule has 0 unspecified atom stereocenters. The molecule has 190 valence electrons. The molecular weight excluding hydrogens is 424 g/mol. The molecule has 0 aromatic heterocycles. The predicted octanol–water partition coefficient (Wildman–Crippen LogP) is 9.17. The van der Waals surface area contributed by atoms with E-state index < -0.39 is 0 Å². The van der Waals surface area contributed by atoms with Gasteiger partial charge in [0.05, 0.1) is 0 Å². The van der Waals surface area contributed by atoms with E-state index in [1.165, 1.54) is 23.2 Å². The van der Waals surface area contributed by atoms with Gasteiger partial charge < -0.3 is 4.90 Å². The fourth-order valence-electron chi connectivity index (χ4n) is 3.45. The summed E-state index contributed by atoms with van der Waals surface area (Å²) < 4.78 is 0. The average molecular weight is 473 g/mol. The van der Waals surface area contributed by atoms with E-state index in [9.17, 15) is 0 Å². The van der Waals surface area contributed by atoms with Gasteiger partial charge in [-0.15, -0.1) is 0 Å². The van der Waals surface area contributed by atoms with E-state index in [2.05, 4.69) is 121 Å². The number of hydrogen-bond donors (Lipinski definition) is 0. The Hall–Kier alpha value is -3.10. The molecule has 1 aliphatic rings. The molecule has 0 saturated heterocycles. The molecule has 3 rings (SSSR count). The second-order valence-corrected chi connectivity index (χ2v) is 7.47. The average Bonchev–Trinajstić information content (AvgIpc) is 3.17. The summed E-state index contributed by atoms with van der Waals surface area (Å²) in [5.74, 6) is 0. The highest BCUT2D eigenvalue weighted by atomic mass is 15.1. The first kappa shape index (κ1) is 31.9. The van der Waals surface area contributed by atoms with Crippen LogP contribution < -0.4 is 0 Å². The third-order valence-corrected chi connectivity index (χ3v) is 5.04. The molecule has 2 aromatic rings. The molecule has 0 atom stereocenters. The van der Waals surface area contributed by atoms with Gasteiger partial charge in [-0.3, -0.25) is 4.90 Å². The van der Waals surface area contributed by atoms with Crippen LogP contribution in [0, 0.1) is 0 Å². The lowest BCUT2D eigenvalue weighted by molar-refractivity contribution is 0.296. The topological polar surface area (TPSA) is 6.48 Å². The lowest BCUT2D eigenvalue weighted by Gasteiger charge is -2.23. The van der Waals surface area contributed by atoms with Crippen molar-refractivity contribution in [3.63, 3.8) is 0 Å². The first-order chi connectivity index (χ1) is 17.3. The van der Waals surface area contributed by atoms with Gasteiger partial charge >= 0.3 is 0 Å². The quantitative estimate of drug-likeness (QED) is 0.353. The van der Waals surface area contributed by atoms with E-state index in [0.717, 1.165) is 32.6 Å². The maximum absolute atomic E-state index is 3.36. The predicted molar refractivity (Wildman–Crippen MR) is 158 cm³/mol. The summed E-state index contributed by atoms with van der Waals surface area (Å²) in [4.78, 5) is 4.94. The van der Waals surface area contributed by atoms with Crippen LogP contribution in [0.2, 0.25) is 0 Å². The van der Waals surface area contributed by atoms with Crippen LogP contribution >= 0.6 is 0 Å². The molecule has 2 aromatic carbocycles. The molecule has 0 saturated carbocycles. The Balaban J connectivity index is 0.00000129. The third kappa shape index (κ3) is 14.7. The third-order valence-electron chi connectivity index (χ3n) is 5.04. The molecule has 0 N–H and O–H groups in total. The molecule has 35 heavy (non-hydrogen) atoms. The second kappa shape index (κ2) is 22.7. The van der Waals surface area contributed by atoms with Gasteiger partial charge in [0, 0.05) is 31.5 Å². The summed E-state index contributed by atoms with van der Waals surface area (Å²) in [7, 11) is 0. The van der Waals surface area contributed by atoms with Crippen molar-refractivity contribution in [1.82, 2.24) is 9.80 Å². The monoisotopic (exact) mass is 472 g/mol. The molecule has 0 aliphatic carbocycles. The van der Waals surface area contributed by atoms with Crippen molar-refractivity contribution in [2.75, 3.05) is 13.1 Å². The largest absolute Gasteiger partial charge is 0.347 e. The van der Waals surface area contributed by atoms with Crippen LogP contribution in [-0.4, -0.2) is 22.9 Å². The van der Waals surface area contributed by atoms with Crippen molar-refractivity contribution in [1.29, 1.82) is 0 Å². The van der Waals surface area contributed by atoms with Crippen LogP contribution in [0.4, 0.5) is 0 Å². The van der Waals surface area contributed by atoms with Gasteiger partial charge in [0.2, 0.25) is 0 Å². The summed E-state index contributed by atoms with van der Waals surface area (Å²) in [6.45, 7) is 20.9. The minimum atomic E-state index is 0.916. The molecule has 1 aliphatic heterocycles. The number of nitrogens with zero attached hydrogens (tertiary/aromatic N) is 2. The Labute approximate surface area is 216 Å². The highest BCUT2D eigenvalue weighted by molar-refractivity contribution is 5.19. The lowest BCUT2D eigenvalue weighted by atomic mass is 10.1. The molecule has 2 heteroatoms. The molecule has 0 fully saturated rings. The number of benzene rings is 2. The maximum Gasteiger partial charge on any atom is 0.0472 e. The van der Waals surface area contributed by atoms with E-state index in [1.54, 1.807) is 12.2 Å². The highest BCUT2D eigenvalue weighted by Gasteiger charge is 2.14. The van der Waals surface area contributed by atoms with E-state index in [-0.39, 0.29) is 0 Å². The summed E-state index contributed by atoms with van der Waals surface area (Å²) in [6.07, 6.45) is 16.5. The van der Waals surface area contributed by atoms with Gasteiger partial charge in [-0.05, 0) is 43.5 Å². The molecule has 0 radical (unpaired) electrons. The van der Waals surface area contributed by atoms with Gasteiger partial charge in [0.15, 0.2) is 0 Å². The zero-order valence-electron chi connectivity index (χ0n) is 22.9. The number of allylic oxidation sites excluding steroid dienone is 6. The summed E-state index contributed by atoms with van der Waals surface area (Å²) >= 11 is 0. The van der Waals surface area contributed by atoms with Crippen LogP contribution in [0.25, 0.3) is 0 Å². The van der Waals surface area contributed by atoms with Gasteiger partial charge in [-0.1, -0.05) is 132 Å². The molecule has 1 heterocycles.